The topological polar surface area (TPSA) is 138 Å². The molecular weight excluding hydrogens is 412 g/mol. The van der Waals surface area contributed by atoms with Crippen molar-refractivity contribution in [2.45, 2.75) is 6.42 Å². The highest BCUT2D eigenvalue weighted by Crippen LogP contribution is 2.29. The van der Waals surface area contributed by atoms with Crippen LogP contribution < -0.4 is 16.0 Å². The Morgan fingerprint density at radius 1 is 0.750 bits per heavy atom. The number of fused-ring (bicyclic) bond motifs is 1. The highest BCUT2D eigenvalue weighted by molar-refractivity contribution is 5.86. The number of hydrogen-bond acceptors (Lipinski definition) is 7. The third-order valence-corrected chi connectivity index (χ3v) is 5.25. The number of phenols is 6. The van der Waals surface area contributed by atoms with Crippen LogP contribution in [0, 0.1) is 0 Å². The van der Waals surface area contributed by atoms with E-state index in [2.05, 4.69) is 5.43 Å². The second-order valence-electron chi connectivity index (χ2n) is 7.34. The molecule has 8 heteroatoms. The van der Waals surface area contributed by atoms with E-state index in [0.717, 1.165) is 5.56 Å². The molecule has 0 saturated carbocycles. The Hall–Kier alpha value is -4.46. The van der Waals surface area contributed by atoms with Crippen molar-refractivity contribution in [1.29, 1.82) is 0 Å². The van der Waals surface area contributed by atoms with Gasteiger partial charge in [-0.2, -0.15) is 0 Å². The summed E-state index contributed by atoms with van der Waals surface area (Å²) in [6.07, 6.45) is 4.08. The van der Waals surface area contributed by atoms with Crippen molar-refractivity contribution in [3.8, 4) is 34.5 Å². The second-order valence-corrected chi connectivity index (χ2v) is 7.34. The number of hydrogen-bond donors (Lipinski definition) is 7. The predicted octanol–water partition coefficient (Wildman–Crippen LogP) is 1.90. The minimum Gasteiger partial charge on any atom is -0.504 e. The number of aromatic nitrogens is 1. The van der Waals surface area contributed by atoms with Crippen molar-refractivity contribution in [1.82, 2.24) is 4.68 Å². The highest BCUT2D eigenvalue weighted by Gasteiger charge is 2.12. The summed E-state index contributed by atoms with van der Waals surface area (Å²) in [5, 5.41) is 61.0. The zero-order valence-corrected chi connectivity index (χ0v) is 17.1. The van der Waals surface area contributed by atoms with Gasteiger partial charge in [0.15, 0.2) is 34.5 Å². The first-order chi connectivity index (χ1) is 15.3. The van der Waals surface area contributed by atoms with Crippen LogP contribution in [0.15, 0.2) is 48.5 Å². The van der Waals surface area contributed by atoms with Gasteiger partial charge in [-0.1, -0.05) is 18.2 Å². The Morgan fingerprint density at radius 3 is 2.03 bits per heavy atom. The van der Waals surface area contributed by atoms with Gasteiger partial charge in [0.2, 0.25) is 0 Å². The fourth-order valence-electron chi connectivity index (χ4n) is 3.66. The van der Waals surface area contributed by atoms with Crippen LogP contribution in [0.2, 0.25) is 0 Å². The van der Waals surface area contributed by atoms with E-state index < -0.39 is 0 Å². The lowest BCUT2D eigenvalue weighted by Crippen LogP contribution is -2.33. The summed E-state index contributed by atoms with van der Waals surface area (Å²) in [5.41, 5.74) is 5.04. The fourth-order valence-corrected chi connectivity index (χ4v) is 3.66. The zero-order chi connectivity index (χ0) is 23.0. The Morgan fingerprint density at radius 2 is 1.38 bits per heavy atom. The van der Waals surface area contributed by atoms with Crippen LogP contribution in [0.25, 0.3) is 23.1 Å². The van der Waals surface area contributed by atoms with E-state index in [1.807, 2.05) is 6.08 Å². The first kappa shape index (κ1) is 20.8. The van der Waals surface area contributed by atoms with Crippen molar-refractivity contribution in [2.75, 3.05) is 12.5 Å². The van der Waals surface area contributed by atoms with E-state index >= 15 is 0 Å². The molecule has 0 bridgehead atoms. The summed E-state index contributed by atoms with van der Waals surface area (Å²) in [6.45, 7) is 0. The largest absolute Gasteiger partial charge is 0.504 e. The van der Waals surface area contributed by atoms with Gasteiger partial charge in [-0.25, -0.2) is 0 Å². The molecule has 0 amide bonds. The Balaban J connectivity index is 2.01. The van der Waals surface area contributed by atoms with Crippen LogP contribution in [0.4, 0.5) is 0 Å². The maximum atomic E-state index is 10.1. The lowest BCUT2D eigenvalue weighted by atomic mass is 10.1. The van der Waals surface area contributed by atoms with Crippen LogP contribution in [-0.2, 0) is 6.42 Å². The zero-order valence-electron chi connectivity index (χ0n) is 17.1. The van der Waals surface area contributed by atoms with Gasteiger partial charge in [-0.3, -0.25) is 4.68 Å². The molecule has 1 aromatic heterocycles. The van der Waals surface area contributed by atoms with Crippen molar-refractivity contribution in [2.24, 2.45) is 0 Å². The maximum Gasteiger partial charge on any atom is 0.159 e. The van der Waals surface area contributed by atoms with Crippen LogP contribution >= 0.6 is 0 Å². The predicted molar refractivity (Wildman–Crippen MR) is 121 cm³/mol. The fraction of sp³-hybridized carbons (Fsp3) is 0.0833. The summed E-state index contributed by atoms with van der Waals surface area (Å²) >= 11 is 0. The number of benzene rings is 3. The molecule has 0 aliphatic rings. The molecule has 0 fully saturated rings. The van der Waals surface area contributed by atoms with Gasteiger partial charge in [-0.15, -0.1) is 0 Å². The quantitative estimate of drug-likeness (QED) is 0.244. The summed E-state index contributed by atoms with van der Waals surface area (Å²) in [5.74, 6) is -1.46. The van der Waals surface area contributed by atoms with E-state index in [9.17, 15) is 30.6 Å². The first-order valence-corrected chi connectivity index (χ1v) is 9.77. The molecule has 0 aliphatic carbocycles. The normalized spacial score (nSPS) is 12.5. The molecule has 7 N–H and O–H groups in total. The summed E-state index contributed by atoms with van der Waals surface area (Å²) < 4.78 is 1.74. The molecule has 3 aromatic carbocycles. The molecule has 0 spiro atoms. The van der Waals surface area contributed by atoms with Crippen LogP contribution in [0.3, 0.4) is 0 Å². The van der Waals surface area contributed by atoms with E-state index in [1.54, 1.807) is 29.9 Å². The van der Waals surface area contributed by atoms with Gasteiger partial charge in [0.1, 0.15) is 0 Å². The molecule has 8 nitrogen and oxygen atoms in total. The number of nitrogens with zero attached hydrogens (tertiary/aromatic N) is 1. The summed E-state index contributed by atoms with van der Waals surface area (Å²) in [6, 6.07) is 11.9. The molecular formula is C24H22N2O6. The van der Waals surface area contributed by atoms with Gasteiger partial charge < -0.3 is 36.1 Å². The summed E-state index contributed by atoms with van der Waals surface area (Å²) in [4.78, 5) is 0. The molecule has 32 heavy (non-hydrogen) atoms. The summed E-state index contributed by atoms with van der Waals surface area (Å²) in [7, 11) is 1.71. The van der Waals surface area contributed by atoms with E-state index in [1.165, 1.54) is 36.4 Å². The molecule has 0 unspecified atom stereocenters. The SMILES string of the molecule is CNn1c(=C\Cc2ccc(O)c(O)c2)/c(=C\c2ccc(O)c(O)c2)c2cc(O)c(O)cc21. The molecule has 0 saturated heterocycles. The molecule has 164 valence electrons. The second kappa shape index (κ2) is 7.99. The smallest absolute Gasteiger partial charge is 0.159 e. The van der Waals surface area contributed by atoms with Gasteiger partial charge in [0.25, 0.3) is 0 Å². The number of phenolic OH excluding ortho intramolecular Hbond substituents is 6. The Labute approximate surface area is 182 Å². The average molecular weight is 434 g/mol. The highest BCUT2D eigenvalue weighted by atomic mass is 16.3. The van der Waals surface area contributed by atoms with Gasteiger partial charge >= 0.3 is 0 Å². The molecule has 4 rings (SSSR count). The van der Waals surface area contributed by atoms with Crippen LogP contribution in [-0.4, -0.2) is 42.4 Å². The van der Waals surface area contributed by atoms with E-state index in [4.69, 9.17) is 0 Å². The van der Waals surface area contributed by atoms with Crippen LogP contribution in [0.1, 0.15) is 11.1 Å². The number of rotatable bonds is 4. The Kier molecular flexibility index (Phi) is 5.19. The van der Waals surface area contributed by atoms with Crippen LogP contribution in [0.5, 0.6) is 34.5 Å². The lowest BCUT2D eigenvalue weighted by molar-refractivity contribution is 0.403. The maximum absolute atomic E-state index is 10.1. The van der Waals surface area contributed by atoms with Gasteiger partial charge in [0, 0.05) is 23.7 Å². The molecule has 0 aliphatic heterocycles. The number of nitrogens with one attached hydrogen (secondary N) is 1. The molecule has 1 heterocycles. The average Bonchev–Trinajstić information content (AvgIpc) is 3.03. The number of aromatic hydroxyl groups is 6. The van der Waals surface area contributed by atoms with Gasteiger partial charge in [-0.05, 0) is 54.0 Å². The molecule has 0 radical (unpaired) electrons. The molecule has 0 atom stereocenters. The third-order valence-electron chi connectivity index (χ3n) is 5.25. The lowest BCUT2D eigenvalue weighted by Gasteiger charge is -2.06. The first-order valence-electron chi connectivity index (χ1n) is 9.77. The molecule has 4 aromatic rings. The van der Waals surface area contributed by atoms with Crippen molar-refractivity contribution >= 4 is 23.1 Å². The standard InChI is InChI=1S/C24H22N2O6/c1-25-26-17(5-2-13-3-6-19(27)21(29)9-13)15(8-14-4-7-20(28)22(30)10-14)16-11-23(31)24(32)12-18(16)26/h3-12,25,27-32H,2H2,1H3/b15-8-,17-5-. The van der Waals surface area contributed by atoms with E-state index in [-0.39, 0.29) is 34.5 Å². The minimum absolute atomic E-state index is 0.204. The van der Waals surface area contributed by atoms with Crippen molar-refractivity contribution in [3.63, 3.8) is 0 Å². The van der Waals surface area contributed by atoms with Crippen molar-refractivity contribution in [3.05, 3.63) is 70.2 Å². The Bertz CT molecular complexity index is 1460. The third kappa shape index (κ3) is 3.69. The van der Waals surface area contributed by atoms with E-state index in [0.29, 0.717) is 33.5 Å². The van der Waals surface area contributed by atoms with Gasteiger partial charge in [0.05, 0.1) is 10.9 Å². The van der Waals surface area contributed by atoms with Crippen molar-refractivity contribution < 1.29 is 30.6 Å². The monoisotopic (exact) mass is 434 g/mol. The minimum atomic E-state index is -0.274.